The topological polar surface area (TPSA) is 64.4 Å². The number of fused-ring (bicyclic) bond motifs is 1. The van der Waals surface area contributed by atoms with Crippen molar-refractivity contribution in [3.05, 3.63) is 75.9 Å². The largest absolute Gasteiger partial charge is 0.483 e. The first-order chi connectivity index (χ1) is 13.6. The number of ether oxygens (including phenoxy) is 1. The highest BCUT2D eigenvalue weighted by atomic mass is 127. The fourth-order valence-electron chi connectivity index (χ4n) is 2.81. The van der Waals surface area contributed by atoms with E-state index >= 15 is 0 Å². The molecule has 0 unspecified atom stereocenters. The van der Waals surface area contributed by atoms with Gasteiger partial charge in [0.15, 0.2) is 12.2 Å². The van der Waals surface area contributed by atoms with Gasteiger partial charge in [-0.25, -0.2) is 4.98 Å². The minimum atomic E-state index is -0.232. The number of hydrogen-bond donors (Lipinski definition) is 1. The monoisotopic (exact) mass is 484 g/mol. The lowest BCUT2D eigenvalue weighted by Crippen LogP contribution is -2.20. The van der Waals surface area contributed by atoms with Crippen molar-refractivity contribution in [1.29, 1.82) is 0 Å². The quantitative estimate of drug-likeness (QED) is 0.384. The van der Waals surface area contributed by atoms with Crippen LogP contribution in [0.4, 0.5) is 5.69 Å². The molecule has 1 heterocycles. The zero-order valence-corrected chi connectivity index (χ0v) is 17.3. The van der Waals surface area contributed by atoms with Crippen molar-refractivity contribution in [1.82, 2.24) is 4.98 Å². The normalized spacial score (nSPS) is 10.8. The number of aryl methyl sites for hydroxylation is 1. The molecular formula is C22H17IN2O3. The van der Waals surface area contributed by atoms with E-state index in [4.69, 9.17) is 9.15 Å². The van der Waals surface area contributed by atoms with Crippen molar-refractivity contribution in [2.24, 2.45) is 0 Å². The van der Waals surface area contributed by atoms with Crippen LogP contribution in [0.2, 0.25) is 0 Å². The Balaban J connectivity index is 1.47. The van der Waals surface area contributed by atoms with Gasteiger partial charge in [-0.05, 0) is 77.5 Å². The van der Waals surface area contributed by atoms with Gasteiger partial charge in [0.1, 0.15) is 11.3 Å². The highest BCUT2D eigenvalue weighted by Crippen LogP contribution is 2.27. The van der Waals surface area contributed by atoms with Crippen LogP contribution in [0, 0.1) is 10.5 Å². The molecule has 0 fully saturated rings. The Labute approximate surface area is 175 Å². The summed E-state index contributed by atoms with van der Waals surface area (Å²) < 4.78 is 12.5. The van der Waals surface area contributed by atoms with E-state index in [9.17, 15) is 4.79 Å². The molecule has 0 saturated heterocycles. The van der Waals surface area contributed by atoms with Gasteiger partial charge in [-0.2, -0.15) is 0 Å². The highest BCUT2D eigenvalue weighted by molar-refractivity contribution is 14.1. The van der Waals surface area contributed by atoms with Gasteiger partial charge in [-0.1, -0.05) is 24.3 Å². The fraction of sp³-hybridized carbons (Fsp3) is 0.0909. The number of amides is 1. The van der Waals surface area contributed by atoms with Gasteiger partial charge in [0.05, 0.1) is 0 Å². The number of halogens is 1. The molecule has 28 heavy (non-hydrogen) atoms. The molecule has 4 rings (SSSR count). The number of aromatic nitrogens is 1. The number of oxazole rings is 1. The molecule has 4 aromatic rings. The molecule has 0 spiro atoms. The number of anilines is 1. The second kappa shape index (κ2) is 8.02. The van der Waals surface area contributed by atoms with Gasteiger partial charge >= 0.3 is 0 Å². The first-order valence-corrected chi connectivity index (χ1v) is 9.81. The van der Waals surface area contributed by atoms with Crippen molar-refractivity contribution in [2.45, 2.75) is 6.92 Å². The molecule has 6 heteroatoms. The average Bonchev–Trinajstić information content (AvgIpc) is 3.11. The van der Waals surface area contributed by atoms with E-state index in [0.717, 1.165) is 14.7 Å². The number of hydrogen-bond acceptors (Lipinski definition) is 4. The maximum absolute atomic E-state index is 12.2. The summed E-state index contributed by atoms with van der Waals surface area (Å²) in [5.74, 6) is 1.02. The molecule has 0 aliphatic heterocycles. The summed E-state index contributed by atoms with van der Waals surface area (Å²) in [6, 6.07) is 20.9. The summed E-state index contributed by atoms with van der Waals surface area (Å²) in [5.41, 5.74) is 3.91. The van der Waals surface area contributed by atoms with Crippen LogP contribution in [0.15, 0.2) is 71.1 Å². The number of carbonyl (C=O) groups excluding carboxylic acids is 1. The number of para-hydroxylation sites is 1. The van der Waals surface area contributed by atoms with Crippen LogP contribution >= 0.6 is 22.6 Å². The summed E-state index contributed by atoms with van der Waals surface area (Å²) in [6.45, 7) is 1.88. The van der Waals surface area contributed by atoms with Crippen LogP contribution < -0.4 is 10.1 Å². The Bertz CT molecular complexity index is 1150. The standard InChI is InChI=1S/C22H17IN2O3/c1-14-5-2-3-8-19(14)27-13-21(26)24-17-9-10-20-18(12-17)25-22(28-20)15-6-4-7-16(23)11-15/h2-12H,13H2,1H3,(H,24,26). The van der Waals surface area contributed by atoms with Gasteiger partial charge in [0.25, 0.3) is 5.91 Å². The fourth-order valence-corrected chi connectivity index (χ4v) is 3.35. The number of benzene rings is 3. The second-order valence-corrected chi connectivity index (χ2v) is 7.56. The molecule has 3 aromatic carbocycles. The molecule has 0 aliphatic carbocycles. The smallest absolute Gasteiger partial charge is 0.262 e. The molecule has 1 amide bonds. The van der Waals surface area contributed by atoms with Gasteiger partial charge < -0.3 is 14.5 Å². The Hall–Kier alpha value is -2.87. The molecule has 1 N–H and O–H groups in total. The summed E-state index contributed by atoms with van der Waals surface area (Å²) in [6.07, 6.45) is 0. The first-order valence-electron chi connectivity index (χ1n) is 8.73. The number of carbonyl (C=O) groups is 1. The molecule has 0 atom stereocenters. The predicted molar refractivity (Wildman–Crippen MR) is 117 cm³/mol. The van der Waals surface area contributed by atoms with Crippen molar-refractivity contribution >= 4 is 45.3 Å². The Kier molecular flexibility index (Phi) is 5.29. The van der Waals surface area contributed by atoms with Gasteiger partial charge in [-0.3, -0.25) is 4.79 Å². The minimum Gasteiger partial charge on any atom is -0.483 e. The summed E-state index contributed by atoms with van der Waals surface area (Å²) in [5, 5.41) is 2.84. The third-order valence-electron chi connectivity index (χ3n) is 4.20. The lowest BCUT2D eigenvalue weighted by molar-refractivity contribution is -0.118. The van der Waals surface area contributed by atoms with Gasteiger partial charge in [0.2, 0.25) is 5.89 Å². The van der Waals surface area contributed by atoms with Crippen LogP contribution in [0.1, 0.15) is 5.56 Å². The third kappa shape index (κ3) is 4.17. The van der Waals surface area contributed by atoms with Crippen LogP contribution in [-0.4, -0.2) is 17.5 Å². The predicted octanol–water partition coefficient (Wildman–Crippen LogP) is 5.43. The zero-order valence-electron chi connectivity index (χ0n) is 15.1. The van der Waals surface area contributed by atoms with E-state index in [1.165, 1.54) is 0 Å². The molecule has 0 aliphatic rings. The molecule has 140 valence electrons. The molecule has 1 aromatic heterocycles. The number of rotatable bonds is 5. The Morgan fingerprint density at radius 3 is 2.79 bits per heavy atom. The molecule has 0 saturated carbocycles. The van der Waals surface area contributed by atoms with Crippen LogP contribution in [0.25, 0.3) is 22.6 Å². The van der Waals surface area contributed by atoms with Crippen molar-refractivity contribution in [3.63, 3.8) is 0 Å². The SMILES string of the molecule is Cc1ccccc1OCC(=O)Nc1ccc2oc(-c3cccc(I)c3)nc2c1. The average molecular weight is 484 g/mol. The molecule has 0 bridgehead atoms. The number of nitrogens with one attached hydrogen (secondary N) is 1. The highest BCUT2D eigenvalue weighted by Gasteiger charge is 2.11. The van der Waals surface area contributed by atoms with E-state index in [0.29, 0.717) is 28.4 Å². The van der Waals surface area contributed by atoms with E-state index in [2.05, 4.69) is 32.9 Å². The summed E-state index contributed by atoms with van der Waals surface area (Å²) in [7, 11) is 0. The second-order valence-electron chi connectivity index (χ2n) is 6.31. The van der Waals surface area contributed by atoms with Crippen molar-refractivity contribution in [3.8, 4) is 17.2 Å². The summed E-state index contributed by atoms with van der Waals surface area (Å²) in [4.78, 5) is 16.8. The molecule has 0 radical (unpaired) electrons. The van der Waals surface area contributed by atoms with E-state index in [1.807, 2.05) is 55.5 Å². The van der Waals surface area contributed by atoms with E-state index < -0.39 is 0 Å². The number of nitrogens with zero attached hydrogens (tertiary/aromatic N) is 1. The minimum absolute atomic E-state index is 0.0601. The van der Waals surface area contributed by atoms with Gasteiger partial charge in [0, 0.05) is 14.8 Å². The van der Waals surface area contributed by atoms with E-state index in [-0.39, 0.29) is 12.5 Å². The Morgan fingerprint density at radius 1 is 1.11 bits per heavy atom. The first kappa shape index (κ1) is 18.5. The molecular weight excluding hydrogens is 467 g/mol. The van der Waals surface area contributed by atoms with E-state index in [1.54, 1.807) is 18.2 Å². The third-order valence-corrected chi connectivity index (χ3v) is 4.87. The van der Waals surface area contributed by atoms with Crippen LogP contribution in [0.3, 0.4) is 0 Å². The molecule has 5 nitrogen and oxygen atoms in total. The lowest BCUT2D eigenvalue weighted by atomic mass is 10.2. The van der Waals surface area contributed by atoms with Crippen LogP contribution in [0.5, 0.6) is 5.75 Å². The van der Waals surface area contributed by atoms with Crippen molar-refractivity contribution < 1.29 is 13.9 Å². The maximum atomic E-state index is 12.2. The lowest BCUT2D eigenvalue weighted by Gasteiger charge is -2.09. The van der Waals surface area contributed by atoms with Gasteiger partial charge in [-0.15, -0.1) is 0 Å². The summed E-state index contributed by atoms with van der Waals surface area (Å²) >= 11 is 2.25. The Morgan fingerprint density at radius 2 is 1.96 bits per heavy atom. The van der Waals surface area contributed by atoms with Crippen LogP contribution in [-0.2, 0) is 4.79 Å². The zero-order chi connectivity index (χ0) is 19.5. The maximum Gasteiger partial charge on any atom is 0.262 e. The van der Waals surface area contributed by atoms with Crippen molar-refractivity contribution in [2.75, 3.05) is 11.9 Å².